The molecule has 5 heteroatoms. The average Bonchev–Trinajstić information content (AvgIpc) is 2.46. The van der Waals surface area contributed by atoms with Crippen LogP contribution in [0.4, 0.5) is 0 Å². The first-order valence-corrected chi connectivity index (χ1v) is 3.72. The molecule has 1 heterocycles. The molecule has 11 heavy (non-hydrogen) atoms. The van der Waals surface area contributed by atoms with E-state index in [1.165, 1.54) is 0 Å². The summed E-state index contributed by atoms with van der Waals surface area (Å²) in [6.07, 6.45) is 0.621. The zero-order valence-corrected chi connectivity index (χ0v) is 6.78. The molecule has 1 unspecified atom stereocenters. The van der Waals surface area contributed by atoms with Crippen molar-refractivity contribution in [3.63, 3.8) is 0 Å². The minimum absolute atomic E-state index is 0.171. The number of aromatic amines is 1. The number of imidazole rings is 1. The summed E-state index contributed by atoms with van der Waals surface area (Å²) in [6, 6.07) is 3.68. The molecule has 0 aliphatic rings. The smallest absolute Gasteiger partial charge is 0.176 e. The number of rotatable bonds is 1. The van der Waals surface area contributed by atoms with Gasteiger partial charge in [-0.1, -0.05) is 0 Å². The van der Waals surface area contributed by atoms with E-state index in [1.807, 2.05) is 12.1 Å². The first-order valence-electron chi connectivity index (χ1n) is 2.91. The quantitative estimate of drug-likeness (QED) is 0.615. The Hall–Kier alpha value is -1.38. The molecule has 54 valence electrons. The van der Waals surface area contributed by atoms with Crippen molar-refractivity contribution in [2.24, 2.45) is 0 Å². The molecule has 1 N–H and O–H groups in total. The number of aromatic nitrogens is 2. The highest BCUT2D eigenvalue weighted by Crippen LogP contribution is 2.05. The third-order valence-electron chi connectivity index (χ3n) is 1.16. The Bertz CT molecular complexity index is 309. The van der Waals surface area contributed by atoms with Gasteiger partial charge in [0.2, 0.25) is 0 Å². The van der Waals surface area contributed by atoms with Crippen LogP contribution in [0, 0.1) is 22.7 Å². The number of H-pyrrole nitrogens is 1. The van der Waals surface area contributed by atoms with Gasteiger partial charge in [0.15, 0.2) is 11.4 Å². The Kier molecular flexibility index (Phi) is 2.21. The van der Waals surface area contributed by atoms with E-state index in [0.29, 0.717) is 12.0 Å². The van der Waals surface area contributed by atoms with Gasteiger partial charge in [0.1, 0.15) is 18.0 Å². The minimum Gasteiger partial charge on any atom is -0.332 e. The fourth-order valence-electron chi connectivity index (χ4n) is 0.681. The summed E-state index contributed by atoms with van der Waals surface area (Å²) >= 11 is 0. The normalized spacial score (nSPS) is 8.64. The molecule has 0 fully saturated rings. The Morgan fingerprint density at radius 2 is 2.18 bits per heavy atom. The molecular formula is C6H5N4P. The Labute approximate surface area is 66.1 Å². The third-order valence-corrected chi connectivity index (χ3v) is 1.55. The highest BCUT2D eigenvalue weighted by atomic mass is 31.0. The van der Waals surface area contributed by atoms with Crippen LogP contribution in [-0.4, -0.2) is 9.97 Å². The predicted octanol–water partition coefficient (Wildman–Crippen LogP) is 0.528. The van der Waals surface area contributed by atoms with Crippen LogP contribution in [0.2, 0.25) is 0 Å². The standard InChI is InChI=1S/C6H5N4P/c7-1-4-5(2-8)10-6(3-11)9-4/h3,11H2,(H,9,10). The van der Waals surface area contributed by atoms with E-state index in [2.05, 4.69) is 19.2 Å². The summed E-state index contributed by atoms with van der Waals surface area (Å²) in [6.45, 7) is 0. The van der Waals surface area contributed by atoms with Gasteiger partial charge < -0.3 is 4.98 Å². The van der Waals surface area contributed by atoms with Gasteiger partial charge in [-0.3, -0.25) is 0 Å². The maximum Gasteiger partial charge on any atom is 0.176 e. The van der Waals surface area contributed by atoms with Crippen molar-refractivity contribution in [2.75, 3.05) is 0 Å². The van der Waals surface area contributed by atoms with Crippen molar-refractivity contribution in [3.05, 3.63) is 17.2 Å². The highest BCUT2D eigenvalue weighted by Gasteiger charge is 2.06. The second-order valence-electron chi connectivity index (χ2n) is 1.83. The van der Waals surface area contributed by atoms with E-state index in [1.54, 1.807) is 0 Å². The molecule has 1 aromatic rings. The molecule has 4 nitrogen and oxygen atoms in total. The number of nitrogens with zero attached hydrogens (tertiary/aromatic N) is 3. The molecule has 0 spiro atoms. The van der Waals surface area contributed by atoms with Gasteiger partial charge in [-0.05, 0) is 0 Å². The van der Waals surface area contributed by atoms with Crippen LogP contribution in [0.25, 0.3) is 0 Å². The highest BCUT2D eigenvalue weighted by molar-refractivity contribution is 7.15. The molecule has 0 aliphatic heterocycles. The van der Waals surface area contributed by atoms with Crippen molar-refractivity contribution in [3.8, 4) is 12.1 Å². The maximum atomic E-state index is 8.48. The fraction of sp³-hybridized carbons (Fsp3) is 0.167. The number of nitrogens with one attached hydrogen (secondary N) is 1. The van der Waals surface area contributed by atoms with Crippen molar-refractivity contribution in [1.82, 2.24) is 9.97 Å². The minimum atomic E-state index is 0.171. The van der Waals surface area contributed by atoms with Crippen LogP contribution < -0.4 is 0 Å². The van der Waals surface area contributed by atoms with Crippen molar-refractivity contribution >= 4 is 9.24 Å². The van der Waals surface area contributed by atoms with Crippen molar-refractivity contribution < 1.29 is 0 Å². The van der Waals surface area contributed by atoms with Gasteiger partial charge >= 0.3 is 0 Å². The summed E-state index contributed by atoms with van der Waals surface area (Å²) in [5.41, 5.74) is 0.412. The van der Waals surface area contributed by atoms with Gasteiger partial charge in [0, 0.05) is 6.16 Å². The summed E-state index contributed by atoms with van der Waals surface area (Å²) < 4.78 is 0. The predicted molar refractivity (Wildman–Crippen MR) is 41.4 cm³/mol. The topological polar surface area (TPSA) is 76.3 Å². The van der Waals surface area contributed by atoms with Crippen LogP contribution in [-0.2, 0) is 6.16 Å². The first kappa shape index (κ1) is 7.72. The summed E-state index contributed by atoms with van der Waals surface area (Å²) in [5, 5.41) is 16.9. The first-order chi connectivity index (χ1) is 5.31. The Morgan fingerprint density at radius 3 is 2.55 bits per heavy atom. The lowest BCUT2D eigenvalue weighted by Gasteiger charge is -1.80. The van der Waals surface area contributed by atoms with Gasteiger partial charge in [0.05, 0.1) is 0 Å². The monoisotopic (exact) mass is 164 g/mol. The molecule has 0 radical (unpaired) electrons. The van der Waals surface area contributed by atoms with E-state index in [-0.39, 0.29) is 11.4 Å². The van der Waals surface area contributed by atoms with E-state index in [0.717, 1.165) is 0 Å². The molecule has 0 aliphatic carbocycles. The van der Waals surface area contributed by atoms with Gasteiger partial charge in [0.25, 0.3) is 0 Å². The van der Waals surface area contributed by atoms with Crippen LogP contribution in [0.15, 0.2) is 0 Å². The zero-order valence-electron chi connectivity index (χ0n) is 5.63. The molecule has 0 saturated carbocycles. The van der Waals surface area contributed by atoms with E-state index >= 15 is 0 Å². The molecule has 0 saturated heterocycles. The zero-order chi connectivity index (χ0) is 8.27. The summed E-state index contributed by atoms with van der Waals surface area (Å²) in [4.78, 5) is 6.57. The van der Waals surface area contributed by atoms with Crippen molar-refractivity contribution in [2.45, 2.75) is 6.16 Å². The lowest BCUT2D eigenvalue weighted by Crippen LogP contribution is -1.78. The molecule has 1 rings (SSSR count). The molecule has 0 aromatic carbocycles. The van der Waals surface area contributed by atoms with Gasteiger partial charge in [-0.25, -0.2) is 4.98 Å². The van der Waals surface area contributed by atoms with Crippen LogP contribution in [0.5, 0.6) is 0 Å². The lowest BCUT2D eigenvalue weighted by molar-refractivity contribution is 1.11. The number of nitriles is 2. The molecular weight excluding hydrogens is 159 g/mol. The Morgan fingerprint density at radius 1 is 1.45 bits per heavy atom. The second-order valence-corrected chi connectivity index (χ2v) is 2.24. The fourth-order valence-corrected chi connectivity index (χ4v) is 0.874. The maximum absolute atomic E-state index is 8.48. The largest absolute Gasteiger partial charge is 0.332 e. The molecule has 1 aromatic heterocycles. The molecule has 1 atom stereocenters. The van der Waals surface area contributed by atoms with E-state index in [9.17, 15) is 0 Å². The molecule has 0 bridgehead atoms. The number of hydrogen-bond donors (Lipinski definition) is 1. The van der Waals surface area contributed by atoms with Gasteiger partial charge in [-0.2, -0.15) is 10.5 Å². The lowest BCUT2D eigenvalue weighted by atomic mass is 10.4. The second kappa shape index (κ2) is 3.14. The summed E-state index contributed by atoms with van der Waals surface area (Å²) in [7, 11) is 2.46. The van der Waals surface area contributed by atoms with E-state index < -0.39 is 0 Å². The van der Waals surface area contributed by atoms with Crippen LogP contribution in [0.1, 0.15) is 17.2 Å². The van der Waals surface area contributed by atoms with E-state index in [4.69, 9.17) is 10.5 Å². The SMILES string of the molecule is N#Cc1nc(CP)[nH]c1C#N. The third kappa shape index (κ3) is 1.37. The number of hydrogen-bond acceptors (Lipinski definition) is 3. The Balaban J connectivity index is 3.18. The van der Waals surface area contributed by atoms with Crippen molar-refractivity contribution in [1.29, 1.82) is 10.5 Å². The van der Waals surface area contributed by atoms with Crippen LogP contribution >= 0.6 is 9.24 Å². The van der Waals surface area contributed by atoms with Crippen LogP contribution in [0.3, 0.4) is 0 Å². The van der Waals surface area contributed by atoms with Gasteiger partial charge in [-0.15, -0.1) is 9.24 Å². The molecule has 0 amide bonds. The summed E-state index contributed by atoms with van der Waals surface area (Å²) in [5.74, 6) is 0.642. The average molecular weight is 164 g/mol.